The Labute approximate surface area is 144 Å². The molecule has 0 amide bonds. The van der Waals surface area contributed by atoms with Gasteiger partial charge in [-0.1, -0.05) is 0 Å². The smallest absolute Gasteiger partial charge is 0.357 e. The highest BCUT2D eigenvalue weighted by Gasteiger charge is 2.32. The third-order valence-corrected chi connectivity index (χ3v) is 2.30. The van der Waals surface area contributed by atoms with Gasteiger partial charge >= 0.3 is 6.18 Å². The van der Waals surface area contributed by atoms with Gasteiger partial charge in [0.25, 0.3) is 0 Å². The molecule has 0 unspecified atom stereocenters. The summed E-state index contributed by atoms with van der Waals surface area (Å²) >= 11 is 0. The van der Waals surface area contributed by atoms with Crippen LogP contribution in [0, 0.1) is 0 Å². The first-order valence-electron chi connectivity index (χ1n) is 6.63. The Hall–Kier alpha value is -1.33. The van der Waals surface area contributed by atoms with E-state index >= 15 is 0 Å². The maximum atomic E-state index is 12.5. The van der Waals surface area contributed by atoms with Crippen LogP contribution < -0.4 is 16.0 Å². The van der Waals surface area contributed by atoms with Crippen LogP contribution >= 0.6 is 24.0 Å². The van der Waals surface area contributed by atoms with Gasteiger partial charge in [0.15, 0.2) is 5.96 Å². The van der Waals surface area contributed by atoms with Crippen LogP contribution in [-0.4, -0.2) is 42.1 Å². The minimum absolute atomic E-state index is 0. The number of alkyl halides is 3. The number of nitrogens with zero attached hydrogens (tertiary/aromatic N) is 3. The summed E-state index contributed by atoms with van der Waals surface area (Å²) in [7, 11) is 0. The number of hydrogen-bond acceptors (Lipinski definition) is 4. The molecule has 1 aromatic heterocycles. The zero-order valence-corrected chi connectivity index (χ0v) is 14.7. The maximum Gasteiger partial charge on any atom is 0.433 e. The molecule has 0 atom stereocenters. The molecule has 0 aliphatic carbocycles. The third kappa shape index (κ3) is 7.61. The predicted octanol–water partition coefficient (Wildman–Crippen LogP) is 2.10. The van der Waals surface area contributed by atoms with Crippen molar-refractivity contribution < 1.29 is 13.2 Å². The molecular formula is C12H20F3IN6. The largest absolute Gasteiger partial charge is 0.433 e. The van der Waals surface area contributed by atoms with Crippen molar-refractivity contribution in [1.29, 1.82) is 0 Å². The van der Waals surface area contributed by atoms with Crippen molar-refractivity contribution in [3.63, 3.8) is 0 Å². The average Bonchev–Trinajstić information content (AvgIpc) is 2.43. The predicted molar refractivity (Wildman–Crippen MR) is 90.6 cm³/mol. The second-order valence-electron chi connectivity index (χ2n) is 3.98. The minimum Gasteiger partial charge on any atom is -0.357 e. The first-order chi connectivity index (χ1) is 9.97. The standard InChI is InChI=1S/C12H19F3N6.HI/c1-3-16-10(17-4-2)19-7-8-20-11-18-6-5-9(21-11)12(13,14)15;/h5-6H,3-4,7-8H2,1-2H3,(H2,16,17,19)(H,18,20,21);1H. The molecule has 0 bridgehead atoms. The lowest BCUT2D eigenvalue weighted by atomic mass is 10.4. The highest BCUT2D eigenvalue weighted by Crippen LogP contribution is 2.27. The van der Waals surface area contributed by atoms with Crippen molar-refractivity contribution in [3.05, 3.63) is 18.0 Å². The Morgan fingerprint density at radius 2 is 1.86 bits per heavy atom. The average molecular weight is 432 g/mol. The number of rotatable bonds is 6. The van der Waals surface area contributed by atoms with Crippen LogP contribution in [0.5, 0.6) is 0 Å². The Morgan fingerprint density at radius 1 is 1.23 bits per heavy atom. The van der Waals surface area contributed by atoms with Gasteiger partial charge in [-0.05, 0) is 19.9 Å². The van der Waals surface area contributed by atoms with Gasteiger partial charge in [0, 0.05) is 25.8 Å². The van der Waals surface area contributed by atoms with Crippen molar-refractivity contribution in [3.8, 4) is 0 Å². The van der Waals surface area contributed by atoms with Gasteiger partial charge in [-0.25, -0.2) is 9.97 Å². The molecule has 1 heterocycles. The summed E-state index contributed by atoms with van der Waals surface area (Å²) in [5.41, 5.74) is -0.968. The lowest BCUT2D eigenvalue weighted by molar-refractivity contribution is -0.141. The van der Waals surface area contributed by atoms with E-state index in [1.807, 2.05) is 13.8 Å². The molecule has 0 fully saturated rings. The van der Waals surface area contributed by atoms with Crippen molar-refractivity contribution in [2.75, 3.05) is 31.5 Å². The van der Waals surface area contributed by atoms with Gasteiger partial charge in [0.1, 0.15) is 5.69 Å². The molecule has 126 valence electrons. The van der Waals surface area contributed by atoms with Crippen molar-refractivity contribution in [1.82, 2.24) is 20.6 Å². The van der Waals surface area contributed by atoms with E-state index in [0.29, 0.717) is 19.0 Å². The third-order valence-electron chi connectivity index (χ3n) is 2.30. The lowest BCUT2D eigenvalue weighted by Crippen LogP contribution is -2.37. The lowest BCUT2D eigenvalue weighted by Gasteiger charge is -2.10. The van der Waals surface area contributed by atoms with Crippen LogP contribution in [0.1, 0.15) is 19.5 Å². The molecule has 22 heavy (non-hydrogen) atoms. The Balaban J connectivity index is 0.00000441. The van der Waals surface area contributed by atoms with E-state index in [2.05, 4.69) is 30.9 Å². The Kier molecular flexibility index (Phi) is 9.78. The summed E-state index contributed by atoms with van der Waals surface area (Å²) in [6.45, 7) is 6.08. The topological polar surface area (TPSA) is 74.2 Å². The molecule has 0 aromatic carbocycles. The normalized spacial score (nSPS) is 10.4. The fourth-order valence-corrected chi connectivity index (χ4v) is 1.45. The summed E-state index contributed by atoms with van der Waals surface area (Å²) in [6, 6.07) is 0.831. The van der Waals surface area contributed by atoms with E-state index in [1.165, 1.54) is 0 Å². The molecule has 10 heteroatoms. The fourth-order valence-electron chi connectivity index (χ4n) is 1.45. The maximum absolute atomic E-state index is 12.5. The Bertz CT molecular complexity index is 458. The quantitative estimate of drug-likeness (QED) is 0.278. The van der Waals surface area contributed by atoms with Gasteiger partial charge in [-0.15, -0.1) is 24.0 Å². The zero-order chi connectivity index (χ0) is 15.7. The number of guanidine groups is 1. The zero-order valence-electron chi connectivity index (χ0n) is 12.4. The monoisotopic (exact) mass is 432 g/mol. The second-order valence-corrected chi connectivity index (χ2v) is 3.98. The summed E-state index contributed by atoms with van der Waals surface area (Å²) in [5, 5.41) is 8.80. The van der Waals surface area contributed by atoms with E-state index in [9.17, 15) is 13.2 Å². The van der Waals surface area contributed by atoms with Crippen molar-refractivity contribution in [2.45, 2.75) is 20.0 Å². The van der Waals surface area contributed by atoms with Gasteiger partial charge in [0.05, 0.1) is 6.54 Å². The second kappa shape index (κ2) is 10.4. The molecular weight excluding hydrogens is 412 g/mol. The number of nitrogens with one attached hydrogen (secondary N) is 3. The fraction of sp³-hybridized carbons (Fsp3) is 0.583. The molecule has 0 radical (unpaired) electrons. The van der Waals surface area contributed by atoms with E-state index in [-0.39, 0.29) is 29.9 Å². The molecule has 0 spiro atoms. The molecule has 0 saturated carbocycles. The molecule has 3 N–H and O–H groups in total. The van der Waals surface area contributed by atoms with Crippen molar-refractivity contribution >= 4 is 35.9 Å². The summed E-state index contributed by atoms with van der Waals surface area (Å²) in [5.74, 6) is 0.597. The first-order valence-corrected chi connectivity index (χ1v) is 6.63. The van der Waals surface area contributed by atoms with Gasteiger partial charge < -0.3 is 16.0 Å². The number of aliphatic imine (C=N–C) groups is 1. The van der Waals surface area contributed by atoms with E-state index in [1.54, 1.807) is 0 Å². The van der Waals surface area contributed by atoms with Gasteiger partial charge in [-0.3, -0.25) is 4.99 Å². The minimum atomic E-state index is -4.47. The molecule has 0 saturated heterocycles. The molecule has 1 aromatic rings. The van der Waals surface area contributed by atoms with E-state index < -0.39 is 11.9 Å². The Morgan fingerprint density at radius 3 is 2.41 bits per heavy atom. The van der Waals surface area contributed by atoms with Crippen LogP contribution in [0.2, 0.25) is 0 Å². The highest BCUT2D eigenvalue weighted by molar-refractivity contribution is 14.0. The van der Waals surface area contributed by atoms with Gasteiger partial charge in [-0.2, -0.15) is 13.2 Å². The van der Waals surface area contributed by atoms with Crippen LogP contribution in [0.15, 0.2) is 17.3 Å². The highest BCUT2D eigenvalue weighted by atomic mass is 127. The van der Waals surface area contributed by atoms with Crippen LogP contribution in [0.25, 0.3) is 0 Å². The van der Waals surface area contributed by atoms with Crippen LogP contribution in [0.4, 0.5) is 19.1 Å². The van der Waals surface area contributed by atoms with E-state index in [0.717, 1.165) is 25.4 Å². The number of anilines is 1. The van der Waals surface area contributed by atoms with E-state index in [4.69, 9.17) is 0 Å². The summed E-state index contributed by atoms with van der Waals surface area (Å²) in [6.07, 6.45) is -3.40. The van der Waals surface area contributed by atoms with Crippen LogP contribution in [-0.2, 0) is 6.18 Å². The summed E-state index contributed by atoms with van der Waals surface area (Å²) < 4.78 is 37.4. The SMILES string of the molecule is CCNC(=NCCNc1nccc(C(F)(F)F)n1)NCC.I. The molecule has 0 aliphatic heterocycles. The molecule has 1 rings (SSSR count). The van der Waals surface area contributed by atoms with Crippen LogP contribution in [0.3, 0.4) is 0 Å². The molecule has 0 aliphatic rings. The summed E-state index contributed by atoms with van der Waals surface area (Å²) in [4.78, 5) is 11.4. The first kappa shape index (κ1) is 20.7. The number of halogens is 4. The molecule has 6 nitrogen and oxygen atoms in total. The van der Waals surface area contributed by atoms with Crippen molar-refractivity contribution in [2.24, 2.45) is 4.99 Å². The number of aromatic nitrogens is 2. The van der Waals surface area contributed by atoms with Gasteiger partial charge in [0.2, 0.25) is 5.95 Å². The number of hydrogen-bond donors (Lipinski definition) is 3.